The third kappa shape index (κ3) is 2.12. The Bertz CT molecular complexity index is 560. The van der Waals surface area contributed by atoms with Gasteiger partial charge in [0.05, 0.1) is 10.0 Å². The van der Waals surface area contributed by atoms with Gasteiger partial charge < -0.3 is 5.73 Å². The Morgan fingerprint density at radius 1 is 1.26 bits per heavy atom. The molecule has 3 heteroatoms. The van der Waals surface area contributed by atoms with E-state index in [1.54, 1.807) is 0 Å². The van der Waals surface area contributed by atoms with E-state index in [0.717, 1.165) is 19.3 Å². The van der Waals surface area contributed by atoms with Gasteiger partial charge in [-0.15, -0.1) is 0 Å². The molecule has 1 aromatic rings. The van der Waals surface area contributed by atoms with E-state index in [2.05, 4.69) is 19.9 Å². The fourth-order valence-corrected chi connectivity index (χ4v) is 3.90. The van der Waals surface area contributed by atoms with Gasteiger partial charge in [-0.25, -0.2) is 0 Å². The molecule has 1 nitrogen and oxygen atoms in total. The molecule has 1 aromatic carbocycles. The number of allylic oxidation sites excluding steroid dienone is 1. The van der Waals surface area contributed by atoms with Crippen molar-refractivity contribution in [3.05, 3.63) is 38.9 Å². The highest BCUT2D eigenvalue weighted by Crippen LogP contribution is 2.48. The maximum Gasteiger partial charge on any atom is 0.0670 e. The van der Waals surface area contributed by atoms with Gasteiger partial charge in [-0.3, -0.25) is 0 Å². The van der Waals surface area contributed by atoms with Gasteiger partial charge in [0, 0.05) is 11.6 Å². The maximum absolute atomic E-state index is 6.43. The Kier molecular flexibility index (Phi) is 3.41. The lowest BCUT2D eigenvalue weighted by Gasteiger charge is -2.31. The van der Waals surface area contributed by atoms with Crippen molar-refractivity contribution in [2.75, 3.05) is 0 Å². The minimum Gasteiger partial charge on any atom is -0.324 e. The van der Waals surface area contributed by atoms with E-state index in [0.29, 0.717) is 21.9 Å². The predicted molar refractivity (Wildman–Crippen MR) is 82.6 cm³/mol. The molecular weight excluding hydrogens is 277 g/mol. The second-order valence-corrected chi connectivity index (χ2v) is 6.91. The predicted octanol–water partition coefficient (Wildman–Crippen LogP) is 4.70. The number of rotatable bonds is 1. The van der Waals surface area contributed by atoms with Gasteiger partial charge in [0.25, 0.3) is 0 Å². The first kappa shape index (κ1) is 13.5. The summed E-state index contributed by atoms with van der Waals surface area (Å²) in [5.74, 6) is 1.30. The van der Waals surface area contributed by atoms with Crippen molar-refractivity contribution in [1.29, 1.82) is 0 Å². The molecule has 0 aliphatic heterocycles. The quantitative estimate of drug-likeness (QED) is 0.799. The number of halogens is 2. The van der Waals surface area contributed by atoms with E-state index in [-0.39, 0.29) is 6.04 Å². The average molecular weight is 296 g/mol. The third-order valence-electron chi connectivity index (χ3n) is 4.66. The summed E-state index contributed by atoms with van der Waals surface area (Å²) in [5, 5.41) is 1.36. The monoisotopic (exact) mass is 295 g/mol. The number of nitrogens with two attached hydrogens (primary N) is 1. The summed E-state index contributed by atoms with van der Waals surface area (Å²) in [4.78, 5) is 0. The molecule has 0 spiro atoms. The van der Waals surface area contributed by atoms with Crippen LogP contribution in [0.5, 0.6) is 0 Å². The fraction of sp³-hybridized carbons (Fsp3) is 0.500. The molecule has 0 aromatic heterocycles. The van der Waals surface area contributed by atoms with Crippen molar-refractivity contribution in [2.24, 2.45) is 17.6 Å². The summed E-state index contributed by atoms with van der Waals surface area (Å²) in [7, 11) is 0. The average Bonchev–Trinajstić information content (AvgIpc) is 2.73. The Hall–Kier alpha value is -0.500. The number of hydrogen-bond acceptors (Lipinski definition) is 1. The van der Waals surface area contributed by atoms with Crippen LogP contribution in [0.15, 0.2) is 17.7 Å². The second kappa shape index (κ2) is 4.80. The van der Waals surface area contributed by atoms with Crippen LogP contribution in [-0.4, -0.2) is 6.04 Å². The number of hydrogen-bond donors (Lipinski definition) is 1. The summed E-state index contributed by atoms with van der Waals surface area (Å²) in [6, 6.07) is 4.17. The lowest BCUT2D eigenvalue weighted by molar-refractivity contribution is 0.338. The van der Waals surface area contributed by atoms with Gasteiger partial charge in [0.2, 0.25) is 0 Å². The van der Waals surface area contributed by atoms with E-state index in [9.17, 15) is 0 Å². The summed E-state index contributed by atoms with van der Waals surface area (Å²) >= 11 is 12.6. The molecule has 3 rings (SSSR count). The maximum atomic E-state index is 6.43. The Balaban J connectivity index is 2.08. The van der Waals surface area contributed by atoms with Crippen LogP contribution in [0.3, 0.4) is 0 Å². The van der Waals surface area contributed by atoms with E-state index in [1.165, 1.54) is 22.3 Å². The smallest absolute Gasteiger partial charge is 0.0670 e. The minimum atomic E-state index is 0.179. The van der Waals surface area contributed by atoms with Crippen LogP contribution in [0, 0.1) is 11.8 Å². The highest BCUT2D eigenvalue weighted by atomic mass is 35.5. The van der Waals surface area contributed by atoms with Crippen molar-refractivity contribution in [2.45, 2.75) is 39.2 Å². The normalized spacial score (nSPS) is 25.8. The van der Waals surface area contributed by atoms with E-state index in [4.69, 9.17) is 28.9 Å². The molecule has 2 N–H and O–H groups in total. The fourth-order valence-electron chi connectivity index (χ4n) is 3.45. The van der Waals surface area contributed by atoms with Crippen LogP contribution < -0.4 is 5.73 Å². The molecule has 19 heavy (non-hydrogen) atoms. The molecule has 0 radical (unpaired) electrons. The number of benzene rings is 1. The van der Waals surface area contributed by atoms with Crippen LogP contribution in [-0.2, 0) is 6.42 Å². The van der Waals surface area contributed by atoms with Crippen LogP contribution in [0.4, 0.5) is 0 Å². The Morgan fingerprint density at radius 3 is 2.68 bits per heavy atom. The van der Waals surface area contributed by atoms with Gasteiger partial charge in [0.1, 0.15) is 0 Å². The molecular formula is C16H19Cl2N. The van der Waals surface area contributed by atoms with Gasteiger partial charge >= 0.3 is 0 Å². The SMILES string of the molecule is CC(C)C1CC2=C(Cc3ccc(Cl)c(Cl)c32)C(N)C1. The highest BCUT2D eigenvalue weighted by Gasteiger charge is 2.35. The first-order valence-electron chi connectivity index (χ1n) is 6.93. The second-order valence-electron chi connectivity index (χ2n) is 6.13. The molecule has 102 valence electrons. The van der Waals surface area contributed by atoms with E-state index >= 15 is 0 Å². The van der Waals surface area contributed by atoms with E-state index in [1.807, 2.05) is 6.07 Å². The highest BCUT2D eigenvalue weighted by molar-refractivity contribution is 6.43. The topological polar surface area (TPSA) is 26.0 Å². The molecule has 2 atom stereocenters. The summed E-state index contributed by atoms with van der Waals surface area (Å²) in [6.45, 7) is 4.55. The van der Waals surface area contributed by atoms with Crippen LogP contribution in [0.2, 0.25) is 10.0 Å². The first-order valence-corrected chi connectivity index (χ1v) is 7.69. The van der Waals surface area contributed by atoms with Crippen molar-refractivity contribution < 1.29 is 0 Å². The Labute approximate surface area is 124 Å². The molecule has 0 amide bonds. The molecule has 0 bridgehead atoms. The molecule has 0 saturated carbocycles. The number of fused-ring (bicyclic) bond motifs is 2. The zero-order valence-electron chi connectivity index (χ0n) is 11.3. The summed E-state index contributed by atoms with van der Waals surface area (Å²) < 4.78 is 0. The zero-order chi connectivity index (χ0) is 13.7. The van der Waals surface area contributed by atoms with Crippen LogP contribution >= 0.6 is 23.2 Å². The van der Waals surface area contributed by atoms with Gasteiger partial charge in [-0.05, 0) is 53.9 Å². The first-order chi connectivity index (χ1) is 8.99. The lowest BCUT2D eigenvalue weighted by atomic mass is 9.76. The van der Waals surface area contributed by atoms with Gasteiger partial charge in [-0.2, -0.15) is 0 Å². The molecule has 0 fully saturated rings. The standard InChI is InChI=1S/C16H19Cl2N/c1-8(2)10-6-12-11(14(19)7-10)5-9-3-4-13(17)16(18)15(9)12/h3-4,8,10,14H,5-7,19H2,1-2H3. The van der Waals surface area contributed by atoms with E-state index < -0.39 is 0 Å². The summed E-state index contributed by atoms with van der Waals surface area (Å²) in [6.07, 6.45) is 3.14. The zero-order valence-corrected chi connectivity index (χ0v) is 12.9. The molecule has 2 aliphatic rings. The van der Waals surface area contributed by atoms with Crippen molar-refractivity contribution in [3.8, 4) is 0 Å². The third-order valence-corrected chi connectivity index (χ3v) is 5.47. The van der Waals surface area contributed by atoms with Crippen LogP contribution in [0.1, 0.15) is 37.8 Å². The molecule has 0 saturated heterocycles. The van der Waals surface area contributed by atoms with Gasteiger partial charge in [-0.1, -0.05) is 43.1 Å². The summed E-state index contributed by atoms with van der Waals surface area (Å²) in [5.41, 5.74) is 11.6. The minimum absolute atomic E-state index is 0.179. The van der Waals surface area contributed by atoms with Crippen molar-refractivity contribution >= 4 is 28.8 Å². The van der Waals surface area contributed by atoms with Crippen LogP contribution in [0.25, 0.3) is 5.57 Å². The molecule has 2 unspecified atom stereocenters. The lowest BCUT2D eigenvalue weighted by Crippen LogP contribution is -2.32. The molecule has 0 heterocycles. The van der Waals surface area contributed by atoms with Crippen molar-refractivity contribution in [1.82, 2.24) is 0 Å². The largest absolute Gasteiger partial charge is 0.324 e. The molecule has 2 aliphatic carbocycles. The Morgan fingerprint density at radius 2 is 2.00 bits per heavy atom. The van der Waals surface area contributed by atoms with Gasteiger partial charge in [0.15, 0.2) is 0 Å². The van der Waals surface area contributed by atoms with Crippen molar-refractivity contribution in [3.63, 3.8) is 0 Å².